The molecule has 1 saturated carbocycles. The molecule has 114 valence electrons. The van der Waals surface area contributed by atoms with Crippen molar-refractivity contribution in [2.45, 2.75) is 72.8 Å². The third-order valence-electron chi connectivity index (χ3n) is 5.69. The first-order chi connectivity index (χ1) is 8.76. The van der Waals surface area contributed by atoms with Crippen molar-refractivity contribution in [3.8, 4) is 0 Å². The molecular formula is C17H36N2. The molecule has 1 rings (SSSR count). The standard InChI is InChI=1S/C17H36N2/c1-13(2)15(14(3)4)11-19-17(12-18)10-8-7-9-16(17,5)6/h13-15,19H,7-12,18H2,1-6H3. The Morgan fingerprint density at radius 1 is 1.00 bits per heavy atom. The molecule has 1 fully saturated rings. The minimum absolute atomic E-state index is 0.146. The maximum Gasteiger partial charge on any atom is 0.0355 e. The van der Waals surface area contributed by atoms with Crippen LogP contribution in [0.4, 0.5) is 0 Å². The lowest BCUT2D eigenvalue weighted by molar-refractivity contribution is 0.0591. The minimum Gasteiger partial charge on any atom is -0.329 e. The fraction of sp³-hybridized carbons (Fsp3) is 1.00. The Hall–Kier alpha value is -0.0800. The van der Waals surface area contributed by atoms with Crippen molar-refractivity contribution in [3.63, 3.8) is 0 Å². The second-order valence-corrected chi connectivity index (χ2v) is 7.91. The average Bonchev–Trinajstić information content (AvgIpc) is 2.30. The molecule has 1 unspecified atom stereocenters. The zero-order chi connectivity index (χ0) is 14.7. The van der Waals surface area contributed by atoms with Crippen LogP contribution in [0.1, 0.15) is 67.2 Å². The zero-order valence-corrected chi connectivity index (χ0v) is 14.1. The van der Waals surface area contributed by atoms with Crippen molar-refractivity contribution in [1.29, 1.82) is 0 Å². The van der Waals surface area contributed by atoms with Gasteiger partial charge in [-0.25, -0.2) is 0 Å². The van der Waals surface area contributed by atoms with E-state index in [1.807, 2.05) is 0 Å². The monoisotopic (exact) mass is 268 g/mol. The van der Waals surface area contributed by atoms with E-state index in [0.717, 1.165) is 30.8 Å². The first kappa shape index (κ1) is 17.0. The Kier molecular flexibility index (Phi) is 5.88. The molecule has 1 aliphatic rings. The lowest BCUT2D eigenvalue weighted by Crippen LogP contribution is -2.63. The van der Waals surface area contributed by atoms with Crippen LogP contribution >= 0.6 is 0 Å². The highest BCUT2D eigenvalue weighted by Gasteiger charge is 2.45. The van der Waals surface area contributed by atoms with Gasteiger partial charge in [-0.15, -0.1) is 0 Å². The third kappa shape index (κ3) is 3.72. The van der Waals surface area contributed by atoms with Crippen LogP contribution in [0, 0.1) is 23.2 Å². The highest BCUT2D eigenvalue weighted by molar-refractivity contribution is 5.03. The van der Waals surface area contributed by atoms with E-state index in [1.54, 1.807) is 0 Å². The highest BCUT2D eigenvalue weighted by atomic mass is 15.0. The van der Waals surface area contributed by atoms with Crippen LogP contribution in [0.3, 0.4) is 0 Å². The Labute approximate surface area is 120 Å². The zero-order valence-electron chi connectivity index (χ0n) is 14.1. The van der Waals surface area contributed by atoms with Crippen molar-refractivity contribution in [2.24, 2.45) is 28.9 Å². The van der Waals surface area contributed by atoms with E-state index in [2.05, 4.69) is 46.9 Å². The summed E-state index contributed by atoms with van der Waals surface area (Å²) in [5.41, 5.74) is 6.65. The van der Waals surface area contributed by atoms with Crippen LogP contribution < -0.4 is 11.1 Å². The van der Waals surface area contributed by atoms with Crippen LogP contribution in [-0.4, -0.2) is 18.6 Å². The van der Waals surface area contributed by atoms with Gasteiger partial charge < -0.3 is 11.1 Å². The maximum absolute atomic E-state index is 6.19. The summed E-state index contributed by atoms with van der Waals surface area (Å²) in [6.45, 7) is 16.0. The van der Waals surface area contributed by atoms with E-state index < -0.39 is 0 Å². The summed E-state index contributed by atoms with van der Waals surface area (Å²) in [7, 11) is 0. The molecule has 0 spiro atoms. The van der Waals surface area contributed by atoms with E-state index in [9.17, 15) is 0 Å². The van der Waals surface area contributed by atoms with E-state index in [0.29, 0.717) is 5.41 Å². The molecule has 0 aromatic rings. The first-order valence-electron chi connectivity index (χ1n) is 8.21. The van der Waals surface area contributed by atoms with Gasteiger partial charge in [0.25, 0.3) is 0 Å². The van der Waals surface area contributed by atoms with Gasteiger partial charge in [0.1, 0.15) is 0 Å². The summed E-state index contributed by atoms with van der Waals surface area (Å²) in [4.78, 5) is 0. The smallest absolute Gasteiger partial charge is 0.0355 e. The maximum atomic E-state index is 6.19. The molecule has 1 atom stereocenters. The summed E-state index contributed by atoms with van der Waals surface area (Å²) in [5, 5.41) is 3.91. The number of nitrogens with two attached hydrogens (primary N) is 1. The summed E-state index contributed by atoms with van der Waals surface area (Å²) < 4.78 is 0. The van der Waals surface area contributed by atoms with Crippen LogP contribution in [0.5, 0.6) is 0 Å². The van der Waals surface area contributed by atoms with Crippen molar-refractivity contribution in [2.75, 3.05) is 13.1 Å². The minimum atomic E-state index is 0.146. The van der Waals surface area contributed by atoms with Crippen LogP contribution in [-0.2, 0) is 0 Å². The number of rotatable bonds is 6. The molecule has 2 heteroatoms. The van der Waals surface area contributed by atoms with Gasteiger partial charge >= 0.3 is 0 Å². The van der Waals surface area contributed by atoms with Crippen LogP contribution in [0.2, 0.25) is 0 Å². The number of hydrogen-bond donors (Lipinski definition) is 2. The summed E-state index contributed by atoms with van der Waals surface area (Å²) in [5.74, 6) is 2.20. The fourth-order valence-corrected chi connectivity index (χ4v) is 3.90. The third-order valence-corrected chi connectivity index (χ3v) is 5.69. The van der Waals surface area contributed by atoms with Crippen LogP contribution in [0.25, 0.3) is 0 Å². The Balaban J connectivity index is 2.75. The number of hydrogen-bond acceptors (Lipinski definition) is 2. The van der Waals surface area contributed by atoms with E-state index in [-0.39, 0.29) is 5.54 Å². The quantitative estimate of drug-likeness (QED) is 0.769. The Bertz CT molecular complexity index is 262. The lowest BCUT2D eigenvalue weighted by atomic mass is 9.63. The normalized spacial score (nSPS) is 27.5. The van der Waals surface area contributed by atoms with Gasteiger partial charge in [-0.05, 0) is 42.6 Å². The topological polar surface area (TPSA) is 38.0 Å². The van der Waals surface area contributed by atoms with Gasteiger partial charge in [-0.1, -0.05) is 54.4 Å². The second-order valence-electron chi connectivity index (χ2n) is 7.91. The van der Waals surface area contributed by atoms with Crippen molar-refractivity contribution >= 4 is 0 Å². The van der Waals surface area contributed by atoms with Gasteiger partial charge in [0.05, 0.1) is 0 Å². The van der Waals surface area contributed by atoms with E-state index in [4.69, 9.17) is 5.73 Å². The molecule has 0 radical (unpaired) electrons. The molecule has 0 aliphatic heterocycles. The average molecular weight is 268 g/mol. The summed E-state index contributed by atoms with van der Waals surface area (Å²) in [6.07, 6.45) is 5.21. The second kappa shape index (κ2) is 6.58. The predicted octanol–water partition coefficient (Wildman–Crippen LogP) is 3.80. The predicted molar refractivity (Wildman–Crippen MR) is 85.2 cm³/mol. The molecule has 0 amide bonds. The Morgan fingerprint density at radius 2 is 1.53 bits per heavy atom. The van der Waals surface area contributed by atoms with Gasteiger partial charge in [0.2, 0.25) is 0 Å². The molecule has 0 heterocycles. The SMILES string of the molecule is CC(C)C(CNC1(CN)CCCCC1(C)C)C(C)C. The first-order valence-corrected chi connectivity index (χ1v) is 8.21. The van der Waals surface area contributed by atoms with Gasteiger partial charge in [-0.3, -0.25) is 0 Å². The molecule has 1 aliphatic carbocycles. The molecule has 3 N–H and O–H groups in total. The van der Waals surface area contributed by atoms with Crippen molar-refractivity contribution in [1.82, 2.24) is 5.32 Å². The summed E-state index contributed by atoms with van der Waals surface area (Å²) in [6, 6.07) is 0. The van der Waals surface area contributed by atoms with Gasteiger partial charge in [0, 0.05) is 12.1 Å². The van der Waals surface area contributed by atoms with Crippen molar-refractivity contribution in [3.05, 3.63) is 0 Å². The molecule has 0 aromatic heterocycles. The summed E-state index contributed by atoms with van der Waals surface area (Å²) >= 11 is 0. The van der Waals surface area contributed by atoms with E-state index in [1.165, 1.54) is 25.7 Å². The molecule has 0 saturated heterocycles. The molecule has 0 aromatic carbocycles. The fourth-order valence-electron chi connectivity index (χ4n) is 3.90. The molecular weight excluding hydrogens is 232 g/mol. The number of nitrogens with one attached hydrogen (secondary N) is 1. The Morgan fingerprint density at radius 3 is 1.95 bits per heavy atom. The van der Waals surface area contributed by atoms with Crippen LogP contribution in [0.15, 0.2) is 0 Å². The highest BCUT2D eigenvalue weighted by Crippen LogP contribution is 2.43. The molecule has 2 nitrogen and oxygen atoms in total. The molecule has 0 bridgehead atoms. The van der Waals surface area contributed by atoms with E-state index >= 15 is 0 Å². The van der Waals surface area contributed by atoms with Crippen molar-refractivity contribution < 1.29 is 0 Å². The van der Waals surface area contributed by atoms with Gasteiger partial charge in [-0.2, -0.15) is 0 Å². The lowest BCUT2D eigenvalue weighted by Gasteiger charge is -2.51. The van der Waals surface area contributed by atoms with Gasteiger partial charge in [0.15, 0.2) is 0 Å². The molecule has 19 heavy (non-hydrogen) atoms. The largest absolute Gasteiger partial charge is 0.329 e.